The molecule has 2 aromatic carbocycles. The van der Waals surface area contributed by atoms with Crippen LogP contribution in [0.1, 0.15) is 0 Å². The van der Waals surface area contributed by atoms with Gasteiger partial charge in [-0.15, -0.1) is 0 Å². The number of thiazole rings is 1. The van der Waals surface area contributed by atoms with E-state index in [1.807, 2.05) is 5.32 Å². The number of amides is 1. The molecule has 0 saturated carbocycles. The van der Waals surface area contributed by atoms with Gasteiger partial charge in [0, 0.05) is 11.1 Å². The van der Waals surface area contributed by atoms with Crippen LogP contribution in [0.25, 0.3) is 21.8 Å². The Morgan fingerprint density at radius 2 is 1.68 bits per heavy atom. The molecule has 0 aliphatic carbocycles. The second kappa shape index (κ2) is 6.85. The maximum Gasteiger partial charge on any atom is 0.471 e. The molecule has 0 bridgehead atoms. The zero-order valence-electron chi connectivity index (χ0n) is 12.5. The second-order valence-electron chi connectivity index (χ2n) is 4.99. The van der Waals surface area contributed by atoms with E-state index < -0.39 is 12.1 Å². The van der Waals surface area contributed by atoms with Crippen LogP contribution in [0.4, 0.5) is 18.2 Å². The molecule has 0 saturated heterocycles. The van der Waals surface area contributed by atoms with Gasteiger partial charge >= 0.3 is 12.1 Å². The molecule has 0 unspecified atom stereocenters. The van der Waals surface area contributed by atoms with Crippen molar-refractivity contribution in [3.05, 3.63) is 59.6 Å². The van der Waals surface area contributed by atoms with Crippen LogP contribution in [0, 0.1) is 0 Å². The predicted molar refractivity (Wildman–Crippen MR) is 92.7 cm³/mol. The molecule has 25 heavy (non-hydrogen) atoms. The van der Waals surface area contributed by atoms with Crippen LogP contribution in [-0.4, -0.2) is 17.1 Å². The summed E-state index contributed by atoms with van der Waals surface area (Å²) in [5.74, 6) is -2.04. The third kappa shape index (κ3) is 3.83. The summed E-state index contributed by atoms with van der Waals surface area (Å²) in [6.07, 6.45) is -4.98. The summed E-state index contributed by atoms with van der Waals surface area (Å²) in [5, 5.41) is 2.76. The third-order valence-corrected chi connectivity index (χ3v) is 4.60. The zero-order valence-corrected chi connectivity index (χ0v) is 14.0. The number of carbonyl (C=O) groups excluding carboxylic acids is 1. The van der Waals surface area contributed by atoms with Gasteiger partial charge in [-0.05, 0) is 6.07 Å². The van der Waals surface area contributed by atoms with Gasteiger partial charge in [0.25, 0.3) is 0 Å². The average molecular weight is 383 g/mol. The van der Waals surface area contributed by atoms with Crippen molar-refractivity contribution in [3.63, 3.8) is 0 Å². The van der Waals surface area contributed by atoms with E-state index in [4.69, 9.17) is 11.6 Å². The van der Waals surface area contributed by atoms with Crippen molar-refractivity contribution < 1.29 is 18.0 Å². The largest absolute Gasteiger partial charge is 0.471 e. The second-order valence-corrected chi connectivity index (χ2v) is 6.40. The quantitative estimate of drug-likeness (QED) is 0.637. The summed E-state index contributed by atoms with van der Waals surface area (Å²) in [4.78, 5) is 15.7. The van der Waals surface area contributed by atoms with E-state index in [9.17, 15) is 18.0 Å². The fourth-order valence-corrected chi connectivity index (χ4v) is 3.42. The van der Waals surface area contributed by atoms with Crippen molar-refractivity contribution >= 4 is 33.8 Å². The third-order valence-electron chi connectivity index (χ3n) is 3.26. The Morgan fingerprint density at radius 1 is 1.04 bits per heavy atom. The molecule has 0 aliphatic heterocycles. The highest BCUT2D eigenvalue weighted by Crippen LogP contribution is 2.40. The first-order valence-corrected chi connectivity index (χ1v) is 8.25. The maximum absolute atomic E-state index is 12.6. The molecule has 1 heterocycles. The summed E-state index contributed by atoms with van der Waals surface area (Å²) in [7, 11) is 0. The number of benzene rings is 2. The lowest BCUT2D eigenvalue weighted by molar-refractivity contribution is -0.167. The maximum atomic E-state index is 12.6. The van der Waals surface area contributed by atoms with Crippen molar-refractivity contribution in [2.75, 3.05) is 5.32 Å². The lowest BCUT2D eigenvalue weighted by atomic mass is 10.1. The molecule has 3 nitrogen and oxygen atoms in total. The van der Waals surface area contributed by atoms with Gasteiger partial charge in [0.2, 0.25) is 0 Å². The summed E-state index contributed by atoms with van der Waals surface area (Å²) in [6, 6.07) is 15.5. The van der Waals surface area contributed by atoms with Crippen molar-refractivity contribution in [1.29, 1.82) is 0 Å². The number of halogens is 4. The van der Waals surface area contributed by atoms with Crippen LogP contribution in [0.2, 0.25) is 5.02 Å². The van der Waals surface area contributed by atoms with Gasteiger partial charge in [-0.25, -0.2) is 4.98 Å². The summed E-state index contributed by atoms with van der Waals surface area (Å²) in [6.45, 7) is 0. The fraction of sp³-hybridized carbons (Fsp3) is 0.0588. The first-order valence-electron chi connectivity index (χ1n) is 7.05. The molecule has 0 aliphatic rings. The number of anilines is 1. The van der Waals surface area contributed by atoms with Crippen molar-refractivity contribution in [2.45, 2.75) is 6.18 Å². The summed E-state index contributed by atoms with van der Waals surface area (Å²) in [5.41, 5.74) is 1.44. The van der Waals surface area contributed by atoms with E-state index in [1.54, 1.807) is 54.6 Å². The number of aromatic nitrogens is 1. The number of nitrogens with zero attached hydrogens (tertiary/aromatic N) is 1. The van der Waals surface area contributed by atoms with E-state index in [-0.39, 0.29) is 10.7 Å². The summed E-state index contributed by atoms with van der Waals surface area (Å²) >= 11 is 7.08. The standard InChI is InChI=1S/C17H10ClF3N2OS/c18-12-9-5-4-8-11(12)14-22-13(10-6-2-1-3-7-10)15(25-14)23-16(24)17(19,20)21/h1-9H,(H,23,24). The number of alkyl halides is 3. The van der Waals surface area contributed by atoms with Crippen LogP contribution in [-0.2, 0) is 4.79 Å². The SMILES string of the molecule is O=C(Nc1sc(-c2ccccc2Cl)nc1-c1ccccc1)C(F)(F)F. The normalized spacial score (nSPS) is 11.4. The molecule has 1 amide bonds. The van der Waals surface area contributed by atoms with Gasteiger partial charge in [0.1, 0.15) is 15.7 Å². The lowest BCUT2D eigenvalue weighted by Crippen LogP contribution is -2.29. The topological polar surface area (TPSA) is 42.0 Å². The molecule has 0 atom stereocenters. The van der Waals surface area contributed by atoms with Gasteiger partial charge in [-0.3, -0.25) is 4.79 Å². The molecule has 0 radical (unpaired) electrons. The highest BCUT2D eigenvalue weighted by Gasteiger charge is 2.39. The Labute approximate surface area is 150 Å². The monoisotopic (exact) mass is 382 g/mol. The van der Waals surface area contributed by atoms with Crippen LogP contribution in [0.5, 0.6) is 0 Å². The van der Waals surface area contributed by atoms with Crippen LogP contribution >= 0.6 is 22.9 Å². The van der Waals surface area contributed by atoms with Gasteiger partial charge in [-0.2, -0.15) is 13.2 Å². The Hall–Kier alpha value is -2.38. The molecule has 0 fully saturated rings. The number of hydrogen-bond donors (Lipinski definition) is 1. The minimum absolute atomic E-state index is 0.0171. The van der Waals surface area contributed by atoms with Gasteiger partial charge < -0.3 is 5.32 Å². The first kappa shape index (κ1) is 17.4. The minimum Gasteiger partial charge on any atom is -0.308 e. The van der Waals surface area contributed by atoms with E-state index in [0.29, 0.717) is 21.2 Å². The molecule has 128 valence electrons. The van der Waals surface area contributed by atoms with Gasteiger partial charge in [0.15, 0.2) is 0 Å². The molecular formula is C17H10ClF3N2OS. The van der Waals surface area contributed by atoms with E-state index in [0.717, 1.165) is 11.3 Å². The Bertz CT molecular complexity index is 910. The van der Waals surface area contributed by atoms with Crippen LogP contribution in [0.3, 0.4) is 0 Å². The highest BCUT2D eigenvalue weighted by atomic mass is 35.5. The van der Waals surface area contributed by atoms with Gasteiger partial charge in [-0.1, -0.05) is 71.5 Å². The Balaban J connectivity index is 2.09. The van der Waals surface area contributed by atoms with Crippen molar-refractivity contribution in [1.82, 2.24) is 4.98 Å². The van der Waals surface area contributed by atoms with Crippen molar-refractivity contribution in [2.24, 2.45) is 0 Å². The highest BCUT2D eigenvalue weighted by molar-refractivity contribution is 7.19. The number of hydrogen-bond acceptors (Lipinski definition) is 3. The smallest absolute Gasteiger partial charge is 0.308 e. The fourth-order valence-electron chi connectivity index (χ4n) is 2.12. The summed E-state index contributed by atoms with van der Waals surface area (Å²) < 4.78 is 37.8. The number of rotatable bonds is 3. The number of carbonyl (C=O) groups is 1. The molecule has 1 aromatic heterocycles. The van der Waals surface area contributed by atoms with E-state index >= 15 is 0 Å². The van der Waals surface area contributed by atoms with Crippen LogP contribution < -0.4 is 5.32 Å². The zero-order chi connectivity index (χ0) is 18.0. The Kier molecular flexibility index (Phi) is 4.78. The van der Waals surface area contributed by atoms with Crippen molar-refractivity contribution in [3.8, 4) is 21.8 Å². The number of nitrogens with one attached hydrogen (secondary N) is 1. The predicted octanol–water partition coefficient (Wildman–Crippen LogP) is 5.63. The molecule has 8 heteroatoms. The average Bonchev–Trinajstić information content (AvgIpc) is 2.99. The van der Waals surface area contributed by atoms with E-state index in [2.05, 4.69) is 4.98 Å². The molecule has 3 rings (SSSR count). The first-order chi connectivity index (χ1) is 11.9. The van der Waals surface area contributed by atoms with E-state index in [1.165, 1.54) is 0 Å². The van der Waals surface area contributed by atoms with Crippen LogP contribution in [0.15, 0.2) is 54.6 Å². The molecular weight excluding hydrogens is 373 g/mol. The molecule has 3 aromatic rings. The van der Waals surface area contributed by atoms with Gasteiger partial charge in [0.05, 0.1) is 5.02 Å². The molecule has 1 N–H and O–H groups in total. The lowest BCUT2D eigenvalue weighted by Gasteiger charge is -2.07. The molecule has 0 spiro atoms. The minimum atomic E-state index is -4.98. The Morgan fingerprint density at radius 3 is 2.32 bits per heavy atom.